The van der Waals surface area contributed by atoms with Crippen molar-refractivity contribution < 1.29 is 27.5 Å². The second kappa shape index (κ2) is 9.18. The Morgan fingerprint density at radius 2 is 1.53 bits per heavy atom. The van der Waals surface area contributed by atoms with Gasteiger partial charge >= 0.3 is 12.1 Å². The Kier molecular flexibility index (Phi) is 6.30. The molecule has 0 fully saturated rings. The van der Waals surface area contributed by atoms with Crippen molar-refractivity contribution in [3.8, 4) is 0 Å². The highest BCUT2D eigenvalue weighted by Gasteiger charge is 2.31. The molecule has 0 aliphatic heterocycles. The summed E-state index contributed by atoms with van der Waals surface area (Å²) in [5.74, 6) is -1.63. The minimum atomic E-state index is -4.61. The van der Waals surface area contributed by atoms with Crippen LogP contribution in [0.4, 0.5) is 18.9 Å². The second-order valence-corrected chi connectivity index (χ2v) is 7.76. The maximum atomic E-state index is 12.9. The molecule has 0 spiro atoms. The van der Waals surface area contributed by atoms with Crippen molar-refractivity contribution in [3.05, 3.63) is 87.5 Å². The number of nitrogens with one attached hydrogen (secondary N) is 1. The molecule has 4 aromatic rings. The molecule has 4 rings (SSSR count). The van der Waals surface area contributed by atoms with Gasteiger partial charge in [-0.2, -0.15) is 13.2 Å². The third-order valence-corrected chi connectivity index (χ3v) is 5.43. The number of fused-ring (bicyclic) bond motifs is 2. The van der Waals surface area contributed by atoms with E-state index in [0.29, 0.717) is 27.9 Å². The number of benzene rings is 3. The number of nitrogens with zero attached hydrogens (tertiary/aromatic N) is 1. The van der Waals surface area contributed by atoms with E-state index in [4.69, 9.17) is 16.3 Å². The van der Waals surface area contributed by atoms with Gasteiger partial charge < -0.3 is 14.6 Å². The number of rotatable bonds is 5. The minimum absolute atomic E-state index is 0.0983. The second-order valence-electron chi connectivity index (χ2n) is 7.35. The molecule has 0 aliphatic rings. The van der Waals surface area contributed by atoms with Gasteiger partial charge in [-0.05, 0) is 42.5 Å². The highest BCUT2D eigenvalue weighted by molar-refractivity contribution is 6.33. The van der Waals surface area contributed by atoms with Gasteiger partial charge in [0.2, 0.25) is 0 Å². The fraction of sp³-hybridized carbons (Fsp3) is 0.125. The molecular formula is C24H16ClF3N2O4. The first-order chi connectivity index (χ1) is 16.1. The Morgan fingerprint density at radius 1 is 0.941 bits per heavy atom. The Hall–Kier alpha value is -3.85. The first-order valence-electron chi connectivity index (χ1n) is 9.97. The number of para-hydroxylation sites is 2. The number of anilines is 1. The highest BCUT2D eigenvalue weighted by Crippen LogP contribution is 2.33. The van der Waals surface area contributed by atoms with Gasteiger partial charge in [0.15, 0.2) is 12.0 Å². The molecule has 1 heterocycles. The summed E-state index contributed by atoms with van der Waals surface area (Å²) in [5, 5.41) is 2.96. The van der Waals surface area contributed by atoms with Crippen LogP contribution >= 0.6 is 11.6 Å². The molecule has 1 N–H and O–H groups in total. The maximum absolute atomic E-state index is 12.9. The summed E-state index contributed by atoms with van der Waals surface area (Å²) >= 11 is 5.87. The van der Waals surface area contributed by atoms with Crippen molar-refractivity contribution in [2.75, 3.05) is 11.9 Å². The summed E-state index contributed by atoms with van der Waals surface area (Å²) in [4.78, 5) is 37.5. The number of hydrogen-bond donors (Lipinski definition) is 1. The molecule has 174 valence electrons. The first kappa shape index (κ1) is 23.3. The zero-order valence-electron chi connectivity index (χ0n) is 17.4. The van der Waals surface area contributed by atoms with E-state index in [1.165, 1.54) is 0 Å². The maximum Gasteiger partial charge on any atom is 0.416 e. The van der Waals surface area contributed by atoms with E-state index in [-0.39, 0.29) is 22.7 Å². The Morgan fingerprint density at radius 3 is 2.12 bits per heavy atom. The molecule has 0 atom stereocenters. The number of carbonyl (C=O) groups excluding carboxylic acids is 2. The summed E-state index contributed by atoms with van der Waals surface area (Å²) in [7, 11) is 0. The van der Waals surface area contributed by atoms with E-state index in [9.17, 15) is 27.6 Å². The van der Waals surface area contributed by atoms with Gasteiger partial charge in [-0.25, -0.2) is 0 Å². The van der Waals surface area contributed by atoms with E-state index >= 15 is 0 Å². The molecular weight excluding hydrogens is 473 g/mol. The van der Waals surface area contributed by atoms with Gasteiger partial charge in [-0.15, -0.1) is 0 Å². The van der Waals surface area contributed by atoms with Crippen LogP contribution in [-0.4, -0.2) is 23.1 Å². The number of hydrogen-bond acceptors (Lipinski definition) is 4. The third-order valence-electron chi connectivity index (χ3n) is 5.10. The van der Waals surface area contributed by atoms with Crippen molar-refractivity contribution in [3.63, 3.8) is 0 Å². The van der Waals surface area contributed by atoms with E-state index in [0.717, 1.165) is 12.1 Å². The van der Waals surface area contributed by atoms with Crippen molar-refractivity contribution in [2.45, 2.75) is 12.7 Å². The van der Waals surface area contributed by atoms with Gasteiger partial charge in [0.25, 0.3) is 5.91 Å². The molecule has 0 unspecified atom stereocenters. The van der Waals surface area contributed by atoms with E-state index < -0.39 is 30.2 Å². The Balaban J connectivity index is 1.51. The smallest absolute Gasteiger partial charge is 0.416 e. The van der Waals surface area contributed by atoms with Crippen LogP contribution < -0.4 is 10.7 Å². The standard InChI is InChI=1S/C24H16ClF3N2O4/c25-17-10-9-14(24(26,27)28)11-18(17)29-21(31)13-34-22(32)12-30-19-7-3-1-5-15(19)23(33)16-6-2-4-8-20(16)30/h1-11H,12-13H2,(H,29,31). The molecule has 6 nitrogen and oxygen atoms in total. The summed E-state index contributed by atoms with van der Waals surface area (Å²) < 4.78 is 45.3. The summed E-state index contributed by atoms with van der Waals surface area (Å²) in [6.45, 7) is -1.03. The molecule has 0 radical (unpaired) electrons. The first-order valence-corrected chi connectivity index (χ1v) is 10.4. The normalized spacial score (nSPS) is 11.5. The molecule has 0 saturated heterocycles. The molecule has 10 heteroatoms. The van der Waals surface area contributed by atoms with Gasteiger partial charge in [-0.1, -0.05) is 35.9 Å². The number of pyridine rings is 1. The number of aromatic nitrogens is 1. The van der Waals surface area contributed by atoms with Gasteiger partial charge in [0, 0.05) is 10.8 Å². The fourth-order valence-corrected chi connectivity index (χ4v) is 3.72. The largest absolute Gasteiger partial charge is 0.454 e. The van der Waals surface area contributed by atoms with E-state index in [2.05, 4.69) is 5.32 Å². The molecule has 0 saturated carbocycles. The number of esters is 1. The lowest BCUT2D eigenvalue weighted by Crippen LogP contribution is -2.24. The number of halogens is 4. The van der Waals surface area contributed by atoms with Crippen LogP contribution in [0.5, 0.6) is 0 Å². The van der Waals surface area contributed by atoms with Gasteiger partial charge in [-0.3, -0.25) is 14.4 Å². The number of ether oxygens (including phenoxy) is 1. The van der Waals surface area contributed by atoms with Crippen molar-refractivity contribution in [2.24, 2.45) is 0 Å². The van der Waals surface area contributed by atoms with Crippen molar-refractivity contribution >= 4 is 51.0 Å². The van der Waals surface area contributed by atoms with Crippen LogP contribution in [0, 0.1) is 0 Å². The zero-order chi connectivity index (χ0) is 24.5. The zero-order valence-corrected chi connectivity index (χ0v) is 18.1. The van der Waals surface area contributed by atoms with Crippen molar-refractivity contribution in [1.82, 2.24) is 4.57 Å². The average molecular weight is 489 g/mol. The molecule has 34 heavy (non-hydrogen) atoms. The van der Waals surface area contributed by atoms with Crippen LogP contribution in [-0.2, 0) is 27.0 Å². The van der Waals surface area contributed by atoms with E-state index in [1.807, 2.05) is 0 Å². The van der Waals surface area contributed by atoms with Crippen LogP contribution in [0.3, 0.4) is 0 Å². The predicted molar refractivity (Wildman–Crippen MR) is 122 cm³/mol. The van der Waals surface area contributed by atoms with Crippen LogP contribution in [0.1, 0.15) is 5.56 Å². The third kappa shape index (κ3) is 4.74. The summed E-state index contributed by atoms with van der Waals surface area (Å²) in [6.07, 6.45) is -4.61. The monoisotopic (exact) mass is 488 g/mol. The number of amides is 1. The van der Waals surface area contributed by atoms with Gasteiger partial charge in [0.05, 0.1) is 27.3 Å². The Bertz CT molecular complexity index is 1420. The van der Waals surface area contributed by atoms with Crippen LogP contribution in [0.25, 0.3) is 21.8 Å². The summed E-state index contributed by atoms with van der Waals surface area (Å²) in [5.41, 5.74) is -0.379. The van der Waals surface area contributed by atoms with Crippen molar-refractivity contribution in [1.29, 1.82) is 0 Å². The van der Waals surface area contributed by atoms with Crippen LogP contribution in [0.2, 0.25) is 5.02 Å². The number of carbonyl (C=O) groups is 2. The Labute approximate surface area is 195 Å². The number of alkyl halides is 3. The average Bonchev–Trinajstić information content (AvgIpc) is 2.81. The molecule has 1 amide bonds. The quantitative estimate of drug-likeness (QED) is 0.316. The highest BCUT2D eigenvalue weighted by atomic mass is 35.5. The van der Waals surface area contributed by atoms with E-state index in [1.54, 1.807) is 53.1 Å². The van der Waals surface area contributed by atoms with Gasteiger partial charge in [0.1, 0.15) is 6.54 Å². The molecule has 1 aromatic heterocycles. The lowest BCUT2D eigenvalue weighted by molar-refractivity contribution is -0.147. The SMILES string of the molecule is O=C(COC(=O)Cn1c2ccccc2c(=O)c2ccccc21)Nc1cc(C(F)(F)F)ccc1Cl. The lowest BCUT2D eigenvalue weighted by atomic mass is 10.1. The molecule has 0 aliphatic carbocycles. The summed E-state index contributed by atoms with van der Waals surface area (Å²) in [6, 6.07) is 16.1. The lowest BCUT2D eigenvalue weighted by Gasteiger charge is -2.15. The minimum Gasteiger partial charge on any atom is -0.454 e. The topological polar surface area (TPSA) is 77.4 Å². The molecule has 3 aromatic carbocycles. The predicted octanol–water partition coefficient (Wildman–Crippen LogP) is 5.01. The fourth-order valence-electron chi connectivity index (χ4n) is 3.55. The van der Waals surface area contributed by atoms with Crippen LogP contribution in [0.15, 0.2) is 71.5 Å². The molecule has 0 bridgehead atoms.